The lowest BCUT2D eigenvalue weighted by Gasteiger charge is -2.10. The van der Waals surface area contributed by atoms with Gasteiger partial charge in [0, 0.05) is 12.6 Å². The monoisotopic (exact) mass is 294 g/mol. The minimum absolute atomic E-state index is 0.0252. The van der Waals surface area contributed by atoms with Gasteiger partial charge in [-0.05, 0) is 0 Å². The summed E-state index contributed by atoms with van der Waals surface area (Å²) in [7, 11) is 0. The van der Waals surface area contributed by atoms with Crippen molar-refractivity contribution in [1.29, 1.82) is 0 Å². The van der Waals surface area contributed by atoms with E-state index in [0.29, 0.717) is 45.5 Å². The molecule has 0 bridgehead atoms. The molecule has 0 heterocycles. The molecule has 1 atom stereocenters. The Morgan fingerprint density at radius 3 is 2.25 bits per heavy atom. The van der Waals surface area contributed by atoms with Gasteiger partial charge in [0.1, 0.15) is 6.17 Å². The number of ether oxygens (including phenoxy) is 3. The maximum atomic E-state index is 13.0. The number of alkyl halides is 1. The van der Waals surface area contributed by atoms with Gasteiger partial charge in [0.2, 0.25) is 6.41 Å². The average Bonchev–Trinajstić information content (AvgIpc) is 2.42. The van der Waals surface area contributed by atoms with Gasteiger partial charge >= 0.3 is 0 Å². The third-order valence-electron chi connectivity index (χ3n) is 2.26. The van der Waals surface area contributed by atoms with E-state index in [1.54, 1.807) is 0 Å². The first kappa shape index (κ1) is 19.2. The molecule has 0 aliphatic carbocycles. The molecule has 0 aromatic heterocycles. The Hall–Kier alpha value is -0.760. The van der Waals surface area contributed by atoms with Gasteiger partial charge in [-0.25, -0.2) is 4.39 Å². The zero-order valence-electron chi connectivity index (χ0n) is 12.4. The molecule has 0 saturated heterocycles. The van der Waals surface area contributed by atoms with Gasteiger partial charge in [-0.15, -0.1) is 0 Å². The van der Waals surface area contributed by atoms with Crippen molar-refractivity contribution in [2.45, 2.75) is 26.1 Å². The Morgan fingerprint density at radius 2 is 1.65 bits per heavy atom. The summed E-state index contributed by atoms with van der Waals surface area (Å²) in [4.78, 5) is 9.93. The number of amides is 1. The molecule has 1 unspecified atom stereocenters. The van der Waals surface area contributed by atoms with Gasteiger partial charge in [0.05, 0.1) is 46.2 Å². The highest BCUT2D eigenvalue weighted by molar-refractivity contribution is 5.45. The maximum absolute atomic E-state index is 13.0. The first-order valence-corrected chi connectivity index (χ1v) is 6.94. The second-order valence-electron chi connectivity index (χ2n) is 4.53. The largest absolute Gasteiger partial charge is 0.378 e. The molecule has 0 saturated carbocycles. The summed E-state index contributed by atoms with van der Waals surface area (Å²) < 4.78 is 28.6. The second-order valence-corrected chi connectivity index (χ2v) is 4.53. The Balaban J connectivity index is 3.07. The van der Waals surface area contributed by atoms with Crippen LogP contribution in [-0.2, 0) is 19.0 Å². The Bertz CT molecular complexity index is 221. The van der Waals surface area contributed by atoms with Gasteiger partial charge in [0.25, 0.3) is 0 Å². The van der Waals surface area contributed by atoms with Crippen molar-refractivity contribution in [2.75, 3.05) is 52.7 Å². The molecule has 6 nitrogen and oxygen atoms in total. The molecule has 2 N–H and O–H groups in total. The van der Waals surface area contributed by atoms with Crippen molar-refractivity contribution in [2.24, 2.45) is 0 Å². The zero-order chi connectivity index (χ0) is 15.1. The molecule has 0 rings (SSSR count). The van der Waals surface area contributed by atoms with Crippen molar-refractivity contribution >= 4 is 6.41 Å². The van der Waals surface area contributed by atoms with Crippen LogP contribution in [0.2, 0.25) is 0 Å². The number of carbonyl (C=O) groups excluding carboxylic acids is 1. The van der Waals surface area contributed by atoms with Crippen LogP contribution >= 0.6 is 0 Å². The first-order valence-electron chi connectivity index (χ1n) is 6.94. The second kappa shape index (κ2) is 14.6. The fourth-order valence-corrected chi connectivity index (χ4v) is 1.31. The predicted molar refractivity (Wildman–Crippen MR) is 74.6 cm³/mol. The SMILES string of the molecule is CC(C)NCCOCCOCCOCC(F)CNC=O. The van der Waals surface area contributed by atoms with Crippen molar-refractivity contribution in [3.63, 3.8) is 0 Å². The van der Waals surface area contributed by atoms with E-state index in [9.17, 15) is 9.18 Å². The lowest BCUT2D eigenvalue weighted by Crippen LogP contribution is -2.27. The van der Waals surface area contributed by atoms with Crippen molar-refractivity contribution < 1.29 is 23.4 Å². The van der Waals surface area contributed by atoms with E-state index in [1.165, 1.54) is 0 Å². The third kappa shape index (κ3) is 15.3. The van der Waals surface area contributed by atoms with E-state index in [4.69, 9.17) is 14.2 Å². The van der Waals surface area contributed by atoms with Crippen molar-refractivity contribution in [3.05, 3.63) is 0 Å². The molecule has 1 amide bonds. The van der Waals surface area contributed by atoms with E-state index < -0.39 is 6.17 Å². The van der Waals surface area contributed by atoms with Crippen LogP contribution in [0.1, 0.15) is 13.8 Å². The molecule has 0 aliphatic rings. The molecule has 0 aromatic rings. The van der Waals surface area contributed by atoms with Crippen LogP contribution in [0.3, 0.4) is 0 Å². The number of nitrogens with one attached hydrogen (secondary N) is 2. The Kier molecular flexibility index (Phi) is 14.1. The summed E-state index contributed by atoms with van der Waals surface area (Å²) in [5, 5.41) is 5.49. The summed E-state index contributed by atoms with van der Waals surface area (Å²) in [6.07, 6.45) is -0.719. The van der Waals surface area contributed by atoms with Crippen LogP contribution in [0.5, 0.6) is 0 Å². The van der Waals surface area contributed by atoms with Gasteiger partial charge in [-0.1, -0.05) is 13.8 Å². The molecule has 0 radical (unpaired) electrons. The molecule has 120 valence electrons. The molecule has 0 fully saturated rings. The Morgan fingerprint density at radius 1 is 1.05 bits per heavy atom. The van der Waals surface area contributed by atoms with Crippen LogP contribution in [0.15, 0.2) is 0 Å². The summed E-state index contributed by atoms with van der Waals surface area (Å²) in [6, 6.07) is 0.466. The smallest absolute Gasteiger partial charge is 0.207 e. The summed E-state index contributed by atoms with van der Waals surface area (Å²) >= 11 is 0. The van der Waals surface area contributed by atoms with E-state index in [1.807, 2.05) is 0 Å². The van der Waals surface area contributed by atoms with Crippen LogP contribution in [-0.4, -0.2) is 71.4 Å². The Labute approximate surface area is 120 Å². The number of carbonyl (C=O) groups is 1. The standard InChI is InChI=1S/C13H27FN2O4/c1-12(2)16-3-4-18-5-6-19-7-8-20-10-13(14)9-15-11-17/h11-13,16H,3-10H2,1-2H3,(H,15,17). The molecule has 7 heteroatoms. The average molecular weight is 294 g/mol. The molecule has 0 aliphatic heterocycles. The van der Waals surface area contributed by atoms with E-state index in [0.717, 1.165) is 6.54 Å². The molecular weight excluding hydrogens is 267 g/mol. The fraction of sp³-hybridized carbons (Fsp3) is 0.923. The maximum Gasteiger partial charge on any atom is 0.207 e. The lowest BCUT2D eigenvalue weighted by molar-refractivity contribution is -0.109. The highest BCUT2D eigenvalue weighted by Gasteiger charge is 2.04. The van der Waals surface area contributed by atoms with Crippen molar-refractivity contribution in [1.82, 2.24) is 10.6 Å². The third-order valence-corrected chi connectivity index (χ3v) is 2.26. The zero-order valence-corrected chi connectivity index (χ0v) is 12.4. The van der Waals surface area contributed by atoms with E-state index >= 15 is 0 Å². The van der Waals surface area contributed by atoms with Crippen LogP contribution in [0.4, 0.5) is 4.39 Å². The summed E-state index contributed by atoms with van der Waals surface area (Å²) in [5.74, 6) is 0. The summed E-state index contributed by atoms with van der Waals surface area (Å²) in [6.45, 7) is 7.35. The lowest BCUT2D eigenvalue weighted by atomic mass is 10.4. The van der Waals surface area contributed by atoms with Crippen LogP contribution in [0.25, 0.3) is 0 Å². The summed E-state index contributed by atoms with van der Waals surface area (Å²) in [5.41, 5.74) is 0. The number of hydrogen-bond donors (Lipinski definition) is 2. The van der Waals surface area contributed by atoms with Gasteiger partial charge < -0.3 is 24.8 Å². The van der Waals surface area contributed by atoms with Gasteiger partial charge in [-0.2, -0.15) is 0 Å². The van der Waals surface area contributed by atoms with Gasteiger partial charge in [0.15, 0.2) is 0 Å². The molecule has 0 aromatic carbocycles. The van der Waals surface area contributed by atoms with Crippen molar-refractivity contribution in [3.8, 4) is 0 Å². The first-order chi connectivity index (χ1) is 9.66. The van der Waals surface area contributed by atoms with Crippen LogP contribution in [0, 0.1) is 0 Å². The van der Waals surface area contributed by atoms with Gasteiger partial charge in [-0.3, -0.25) is 4.79 Å². The normalized spacial score (nSPS) is 12.6. The quantitative estimate of drug-likeness (QED) is 0.332. The minimum atomic E-state index is -1.18. The molecular formula is C13H27FN2O4. The fourth-order valence-electron chi connectivity index (χ4n) is 1.31. The predicted octanol–water partition coefficient (Wildman–Crippen LogP) is 0.118. The van der Waals surface area contributed by atoms with E-state index in [2.05, 4.69) is 24.5 Å². The molecule has 0 spiro atoms. The highest BCUT2D eigenvalue weighted by Crippen LogP contribution is 1.90. The molecule has 20 heavy (non-hydrogen) atoms. The highest BCUT2D eigenvalue weighted by atomic mass is 19.1. The number of hydrogen-bond acceptors (Lipinski definition) is 5. The van der Waals surface area contributed by atoms with E-state index in [-0.39, 0.29) is 13.2 Å². The number of halogens is 1. The van der Waals surface area contributed by atoms with Crippen LogP contribution < -0.4 is 10.6 Å². The topological polar surface area (TPSA) is 68.8 Å². The number of rotatable bonds is 15. The minimum Gasteiger partial charge on any atom is -0.378 e.